The summed E-state index contributed by atoms with van der Waals surface area (Å²) < 4.78 is 11.1. The van der Waals surface area contributed by atoms with Crippen LogP contribution in [0.1, 0.15) is 55.6 Å². The molecule has 0 aliphatic carbocycles. The van der Waals surface area contributed by atoms with Gasteiger partial charge in [0.2, 0.25) is 0 Å². The van der Waals surface area contributed by atoms with Crippen LogP contribution in [0.15, 0.2) is 58.1 Å². The van der Waals surface area contributed by atoms with E-state index < -0.39 is 40.1 Å². The van der Waals surface area contributed by atoms with Crippen molar-refractivity contribution in [3.8, 4) is 5.75 Å². The number of carbonyl (C=O) groups is 2. The van der Waals surface area contributed by atoms with Crippen molar-refractivity contribution in [3.63, 3.8) is 0 Å². The SMILES string of the molecule is CC[C@@H](Nc1c(Nc2cccc(C(=O)N3CC4OC(C)(C)C[C@@H]4[C@H]3C(=O)OC)c2O)c(=O)c1=O)c1ccccc1. The molecular formula is C30H33N3O7. The lowest BCUT2D eigenvalue weighted by molar-refractivity contribution is -0.146. The fourth-order valence-electron chi connectivity index (χ4n) is 5.94. The van der Waals surface area contributed by atoms with E-state index in [2.05, 4.69) is 10.6 Å². The van der Waals surface area contributed by atoms with Gasteiger partial charge >= 0.3 is 5.97 Å². The Hall–Kier alpha value is -4.18. The number of amides is 1. The summed E-state index contributed by atoms with van der Waals surface area (Å²) in [7, 11) is 1.28. The van der Waals surface area contributed by atoms with Crippen molar-refractivity contribution in [1.82, 2.24) is 4.90 Å². The van der Waals surface area contributed by atoms with Crippen molar-refractivity contribution in [2.24, 2.45) is 5.92 Å². The number of ether oxygens (including phenoxy) is 2. The molecule has 1 amide bonds. The Kier molecular flexibility index (Phi) is 7.14. The van der Waals surface area contributed by atoms with Gasteiger partial charge in [-0.15, -0.1) is 0 Å². The van der Waals surface area contributed by atoms with Crippen LogP contribution in [-0.2, 0) is 14.3 Å². The van der Waals surface area contributed by atoms with E-state index in [0.717, 1.165) is 5.56 Å². The van der Waals surface area contributed by atoms with Gasteiger partial charge in [0.25, 0.3) is 16.8 Å². The Morgan fingerprint density at radius 2 is 1.80 bits per heavy atom. The monoisotopic (exact) mass is 547 g/mol. The predicted octanol–water partition coefficient (Wildman–Crippen LogP) is 3.48. The lowest BCUT2D eigenvalue weighted by atomic mass is 9.90. The number of phenols is 1. The molecule has 0 radical (unpaired) electrons. The van der Waals surface area contributed by atoms with Gasteiger partial charge in [0.1, 0.15) is 17.4 Å². The molecule has 4 atom stereocenters. The second-order valence-corrected chi connectivity index (χ2v) is 11.0. The number of hydrogen-bond donors (Lipinski definition) is 3. The van der Waals surface area contributed by atoms with E-state index in [1.54, 1.807) is 6.07 Å². The highest BCUT2D eigenvalue weighted by molar-refractivity contribution is 6.01. The highest BCUT2D eigenvalue weighted by Crippen LogP contribution is 2.44. The van der Waals surface area contributed by atoms with E-state index in [4.69, 9.17) is 9.47 Å². The maximum Gasteiger partial charge on any atom is 0.328 e. The summed E-state index contributed by atoms with van der Waals surface area (Å²) >= 11 is 0. The van der Waals surface area contributed by atoms with Crippen LogP contribution in [-0.4, -0.2) is 53.3 Å². The lowest BCUT2D eigenvalue weighted by Crippen LogP contribution is -2.45. The number of aromatic hydroxyl groups is 1. The topological polar surface area (TPSA) is 134 Å². The first-order valence-corrected chi connectivity index (χ1v) is 13.4. The van der Waals surface area contributed by atoms with Crippen LogP contribution in [0.25, 0.3) is 0 Å². The van der Waals surface area contributed by atoms with Crippen LogP contribution < -0.4 is 21.5 Å². The predicted molar refractivity (Wildman–Crippen MR) is 150 cm³/mol. The van der Waals surface area contributed by atoms with Gasteiger partial charge < -0.3 is 30.1 Å². The highest BCUT2D eigenvalue weighted by atomic mass is 16.5. The number of benzene rings is 2. The number of rotatable bonds is 8. The summed E-state index contributed by atoms with van der Waals surface area (Å²) in [5.41, 5.74) is -0.681. The van der Waals surface area contributed by atoms with E-state index in [-0.39, 0.29) is 47.2 Å². The number of nitrogens with zero attached hydrogens (tertiary/aromatic N) is 1. The van der Waals surface area contributed by atoms with Gasteiger partial charge in [-0.2, -0.15) is 0 Å². The smallest absolute Gasteiger partial charge is 0.328 e. The molecule has 40 heavy (non-hydrogen) atoms. The van der Waals surface area contributed by atoms with Crippen molar-refractivity contribution in [3.05, 3.63) is 80.1 Å². The molecule has 5 rings (SSSR count). The van der Waals surface area contributed by atoms with E-state index in [9.17, 15) is 24.3 Å². The van der Waals surface area contributed by atoms with Crippen molar-refractivity contribution in [2.75, 3.05) is 24.3 Å². The Bertz CT molecular complexity index is 1510. The minimum atomic E-state index is -0.853. The van der Waals surface area contributed by atoms with E-state index in [1.807, 2.05) is 51.1 Å². The molecule has 2 aliphatic rings. The molecule has 0 aromatic heterocycles. The summed E-state index contributed by atoms with van der Waals surface area (Å²) in [5, 5.41) is 17.1. The van der Waals surface area contributed by atoms with E-state index in [1.165, 1.54) is 24.1 Å². The summed E-state index contributed by atoms with van der Waals surface area (Å²) in [4.78, 5) is 52.8. The van der Waals surface area contributed by atoms with Gasteiger partial charge in [-0.25, -0.2) is 4.79 Å². The molecule has 3 N–H and O–H groups in total. The zero-order valence-electron chi connectivity index (χ0n) is 22.9. The number of esters is 1. The summed E-state index contributed by atoms with van der Waals surface area (Å²) in [6.45, 7) is 6.03. The van der Waals surface area contributed by atoms with Crippen LogP contribution in [0.2, 0.25) is 0 Å². The maximum atomic E-state index is 13.7. The molecule has 2 aliphatic heterocycles. The summed E-state index contributed by atoms with van der Waals surface area (Å²) in [5.74, 6) is -1.74. The number of anilines is 3. The first-order chi connectivity index (χ1) is 19.1. The first kappa shape index (κ1) is 27.4. The number of fused-ring (bicyclic) bond motifs is 1. The largest absolute Gasteiger partial charge is 0.505 e. The number of carbonyl (C=O) groups excluding carboxylic acids is 2. The van der Waals surface area contributed by atoms with Crippen molar-refractivity contribution < 1.29 is 24.2 Å². The Balaban J connectivity index is 1.40. The zero-order valence-corrected chi connectivity index (χ0v) is 22.9. The molecular weight excluding hydrogens is 514 g/mol. The molecule has 10 heteroatoms. The zero-order chi connectivity index (χ0) is 28.8. The molecule has 3 aromatic carbocycles. The van der Waals surface area contributed by atoms with E-state index in [0.29, 0.717) is 12.8 Å². The molecule has 1 unspecified atom stereocenters. The molecule has 0 saturated carbocycles. The number of para-hydroxylation sites is 1. The fourth-order valence-corrected chi connectivity index (χ4v) is 5.94. The van der Waals surface area contributed by atoms with Gasteiger partial charge in [-0.1, -0.05) is 43.3 Å². The second-order valence-electron chi connectivity index (χ2n) is 11.0. The Labute approximate surface area is 231 Å². The number of nitrogens with one attached hydrogen (secondary N) is 2. The van der Waals surface area contributed by atoms with Crippen LogP contribution in [0.4, 0.5) is 17.1 Å². The molecule has 0 spiro atoms. The van der Waals surface area contributed by atoms with Crippen LogP contribution >= 0.6 is 0 Å². The quantitative estimate of drug-likeness (QED) is 0.220. The number of phenolic OH excluding ortho intramolecular Hbond substituents is 1. The third kappa shape index (κ3) is 4.72. The molecule has 2 saturated heterocycles. The molecule has 3 aromatic rings. The fraction of sp³-hybridized carbons (Fsp3) is 0.400. The second kappa shape index (κ2) is 10.4. The summed E-state index contributed by atoms with van der Waals surface area (Å²) in [6, 6.07) is 13.0. The molecule has 10 nitrogen and oxygen atoms in total. The van der Waals surface area contributed by atoms with Crippen molar-refractivity contribution in [1.29, 1.82) is 0 Å². The molecule has 0 bridgehead atoms. The molecule has 210 valence electrons. The first-order valence-electron chi connectivity index (χ1n) is 13.4. The minimum Gasteiger partial charge on any atom is -0.505 e. The lowest BCUT2D eigenvalue weighted by Gasteiger charge is -2.28. The highest BCUT2D eigenvalue weighted by Gasteiger charge is 2.56. The molecule has 2 heterocycles. The third-order valence-corrected chi connectivity index (χ3v) is 7.86. The standard InChI is InChI=1S/C30H33N3O7/c1-5-19(16-10-7-6-8-11-16)31-22-23(27(36)26(22)35)32-20-13-9-12-17(25(20)34)28(37)33-15-21-18(14-30(2,3)40-21)24(33)29(38)39-4/h6-13,18-19,21,24,31-32,34H,5,14-15H2,1-4H3/t18-,19+,21?,24-/m0/s1. The van der Waals surface area contributed by atoms with Crippen molar-refractivity contribution in [2.45, 2.75) is 57.4 Å². The number of hydrogen-bond acceptors (Lipinski definition) is 9. The van der Waals surface area contributed by atoms with Crippen molar-refractivity contribution >= 4 is 28.9 Å². The van der Waals surface area contributed by atoms with Crippen LogP contribution in [0, 0.1) is 5.92 Å². The van der Waals surface area contributed by atoms with Crippen LogP contribution in [0.3, 0.4) is 0 Å². The number of methoxy groups -OCH3 is 1. The Morgan fingerprint density at radius 3 is 2.48 bits per heavy atom. The van der Waals surface area contributed by atoms with Gasteiger partial charge in [-0.05, 0) is 44.4 Å². The normalized spacial score (nSPS) is 22.1. The number of likely N-dealkylation sites (tertiary alicyclic amines) is 1. The third-order valence-electron chi connectivity index (χ3n) is 7.86. The van der Waals surface area contributed by atoms with Gasteiger partial charge in [0.05, 0.1) is 36.1 Å². The molecule has 2 fully saturated rings. The minimum absolute atomic E-state index is 0.0121. The Morgan fingerprint density at radius 1 is 1.10 bits per heavy atom. The van der Waals surface area contributed by atoms with Crippen LogP contribution in [0.5, 0.6) is 5.75 Å². The average Bonchev–Trinajstić information content (AvgIpc) is 3.44. The van der Waals surface area contributed by atoms with E-state index >= 15 is 0 Å². The maximum absolute atomic E-state index is 13.7. The summed E-state index contributed by atoms with van der Waals surface area (Å²) in [6.07, 6.45) is 0.911. The van der Waals surface area contributed by atoms with Gasteiger partial charge in [0.15, 0.2) is 5.75 Å². The van der Waals surface area contributed by atoms with Gasteiger partial charge in [-0.3, -0.25) is 14.4 Å². The van der Waals surface area contributed by atoms with Gasteiger partial charge in [0, 0.05) is 12.5 Å². The average molecular weight is 548 g/mol.